The predicted octanol–water partition coefficient (Wildman–Crippen LogP) is 1.48. The maximum Gasteiger partial charge on any atom is 0.227 e. The molecule has 3 atom stereocenters. The monoisotopic (exact) mass is 267 g/mol. The van der Waals surface area contributed by atoms with Crippen LogP contribution < -0.4 is 11.5 Å². The molecule has 4 N–H and O–H groups in total. The van der Waals surface area contributed by atoms with Gasteiger partial charge in [0, 0.05) is 19.1 Å². The molecule has 4 heteroatoms. The highest BCUT2D eigenvalue weighted by Crippen LogP contribution is 2.31. The van der Waals surface area contributed by atoms with Crippen LogP contribution in [0.5, 0.6) is 0 Å². The Labute approximate surface area is 116 Å². The summed E-state index contributed by atoms with van der Waals surface area (Å²) in [5.74, 6) is 0.326. The van der Waals surface area contributed by atoms with Gasteiger partial charge in [-0.05, 0) is 31.2 Å². The molecule has 1 amide bonds. The molecule has 1 saturated heterocycles. The van der Waals surface area contributed by atoms with Gasteiger partial charge in [-0.3, -0.25) is 4.79 Å². The molecule has 19 heavy (non-hydrogen) atoms. The van der Waals surface area contributed by atoms with E-state index in [9.17, 15) is 4.79 Å². The van der Waals surface area contributed by atoms with Gasteiger partial charge in [-0.1, -0.05) is 32.6 Å². The van der Waals surface area contributed by atoms with Crippen molar-refractivity contribution in [2.75, 3.05) is 19.6 Å². The van der Waals surface area contributed by atoms with Gasteiger partial charge in [-0.15, -0.1) is 0 Å². The average molecular weight is 267 g/mol. The van der Waals surface area contributed by atoms with E-state index in [2.05, 4.69) is 6.92 Å². The zero-order valence-electron chi connectivity index (χ0n) is 12.2. The van der Waals surface area contributed by atoms with Crippen LogP contribution in [0.3, 0.4) is 0 Å². The van der Waals surface area contributed by atoms with Gasteiger partial charge in [0.25, 0.3) is 0 Å². The van der Waals surface area contributed by atoms with Crippen molar-refractivity contribution < 1.29 is 4.79 Å². The molecule has 110 valence electrons. The Morgan fingerprint density at radius 2 is 1.95 bits per heavy atom. The van der Waals surface area contributed by atoms with Gasteiger partial charge < -0.3 is 16.4 Å². The number of amides is 1. The first-order chi connectivity index (χ1) is 9.06. The minimum absolute atomic E-state index is 0.0421. The maximum atomic E-state index is 12.7. The molecular weight excluding hydrogens is 238 g/mol. The fourth-order valence-electron chi connectivity index (χ4n) is 3.43. The lowest BCUT2D eigenvalue weighted by Crippen LogP contribution is -2.44. The summed E-state index contributed by atoms with van der Waals surface area (Å²) in [5.41, 5.74) is 12.2. The molecule has 3 unspecified atom stereocenters. The summed E-state index contributed by atoms with van der Waals surface area (Å²) in [5, 5.41) is 0. The number of likely N-dealkylation sites (tertiary alicyclic amines) is 1. The molecule has 0 aromatic rings. The van der Waals surface area contributed by atoms with Crippen molar-refractivity contribution in [1.82, 2.24) is 4.90 Å². The Bertz CT molecular complexity index is 321. The third-order valence-corrected chi connectivity index (χ3v) is 5.00. The summed E-state index contributed by atoms with van der Waals surface area (Å²) >= 11 is 0. The number of carbonyl (C=O) groups is 1. The molecule has 1 saturated carbocycles. The Balaban J connectivity index is 1.97. The number of hydrogen-bond donors (Lipinski definition) is 2. The molecule has 2 rings (SSSR count). The number of rotatable bonds is 2. The lowest BCUT2D eigenvalue weighted by atomic mass is 9.86. The van der Waals surface area contributed by atoms with E-state index < -0.39 is 0 Å². The van der Waals surface area contributed by atoms with Crippen LogP contribution in [0, 0.1) is 11.3 Å². The first kappa shape index (κ1) is 14.8. The fourth-order valence-corrected chi connectivity index (χ4v) is 3.43. The average Bonchev–Trinajstić information content (AvgIpc) is 2.77. The van der Waals surface area contributed by atoms with Crippen molar-refractivity contribution in [3.05, 3.63) is 0 Å². The zero-order chi connectivity index (χ0) is 13.9. The van der Waals surface area contributed by atoms with Gasteiger partial charge in [0.1, 0.15) is 0 Å². The van der Waals surface area contributed by atoms with Gasteiger partial charge in [-0.25, -0.2) is 0 Å². The predicted molar refractivity (Wildman–Crippen MR) is 77.5 cm³/mol. The van der Waals surface area contributed by atoms with E-state index in [0.717, 1.165) is 38.8 Å². The highest BCUT2D eigenvalue weighted by atomic mass is 16.2. The van der Waals surface area contributed by atoms with Crippen LogP contribution in [0.15, 0.2) is 0 Å². The summed E-state index contributed by atoms with van der Waals surface area (Å²) in [6.07, 6.45) is 7.82. The van der Waals surface area contributed by atoms with Crippen LogP contribution in [0.2, 0.25) is 0 Å². The number of nitrogens with two attached hydrogens (primary N) is 2. The van der Waals surface area contributed by atoms with Crippen LogP contribution in [0.4, 0.5) is 0 Å². The van der Waals surface area contributed by atoms with Gasteiger partial charge in [-0.2, -0.15) is 0 Å². The second-order valence-electron chi connectivity index (χ2n) is 6.79. The molecular formula is C15H29N3O. The molecule has 1 heterocycles. The zero-order valence-corrected chi connectivity index (χ0v) is 12.2. The van der Waals surface area contributed by atoms with Crippen molar-refractivity contribution in [1.29, 1.82) is 0 Å². The van der Waals surface area contributed by atoms with Crippen molar-refractivity contribution in [2.24, 2.45) is 22.8 Å². The molecule has 0 spiro atoms. The van der Waals surface area contributed by atoms with Crippen molar-refractivity contribution >= 4 is 5.91 Å². The Hall–Kier alpha value is -0.610. The fraction of sp³-hybridized carbons (Fsp3) is 0.933. The largest absolute Gasteiger partial charge is 0.342 e. The standard InChI is InChI=1S/C15H29N3O/c1-15(10-16)8-9-18(11-15)14(19)12-6-4-2-3-5-7-13(12)17/h12-13H,2-11,16-17H2,1H3. The smallest absolute Gasteiger partial charge is 0.227 e. The van der Waals surface area contributed by atoms with E-state index in [1.54, 1.807) is 0 Å². The lowest BCUT2D eigenvalue weighted by Gasteiger charge is -2.30. The van der Waals surface area contributed by atoms with Crippen LogP contribution >= 0.6 is 0 Å². The van der Waals surface area contributed by atoms with Gasteiger partial charge in [0.2, 0.25) is 5.91 Å². The first-order valence-electron chi connectivity index (χ1n) is 7.80. The molecule has 2 fully saturated rings. The van der Waals surface area contributed by atoms with Crippen LogP contribution in [-0.2, 0) is 4.79 Å². The SMILES string of the molecule is CC1(CN)CCN(C(=O)C2CCCCCCC2N)C1. The van der Waals surface area contributed by atoms with Crippen molar-refractivity contribution in [2.45, 2.75) is 57.9 Å². The normalized spacial score (nSPS) is 36.9. The van der Waals surface area contributed by atoms with Crippen LogP contribution in [-0.4, -0.2) is 36.5 Å². The lowest BCUT2D eigenvalue weighted by molar-refractivity contribution is -0.136. The molecule has 4 nitrogen and oxygen atoms in total. The van der Waals surface area contributed by atoms with Crippen LogP contribution in [0.1, 0.15) is 51.9 Å². The quantitative estimate of drug-likeness (QED) is 0.796. The van der Waals surface area contributed by atoms with Gasteiger partial charge in [0.05, 0.1) is 5.92 Å². The number of nitrogens with zero attached hydrogens (tertiary/aromatic N) is 1. The maximum absolute atomic E-state index is 12.7. The molecule has 0 aromatic heterocycles. The second-order valence-corrected chi connectivity index (χ2v) is 6.79. The highest BCUT2D eigenvalue weighted by Gasteiger charge is 2.38. The highest BCUT2D eigenvalue weighted by molar-refractivity contribution is 5.80. The van der Waals surface area contributed by atoms with Crippen LogP contribution in [0.25, 0.3) is 0 Å². The molecule has 0 aromatic carbocycles. The van der Waals surface area contributed by atoms with E-state index in [-0.39, 0.29) is 23.3 Å². The molecule has 2 aliphatic rings. The molecule has 1 aliphatic heterocycles. The molecule has 0 bridgehead atoms. The minimum atomic E-state index is 0.0421. The third-order valence-electron chi connectivity index (χ3n) is 5.00. The van der Waals surface area contributed by atoms with Crippen molar-refractivity contribution in [3.8, 4) is 0 Å². The number of carbonyl (C=O) groups excluding carboxylic acids is 1. The third kappa shape index (κ3) is 3.48. The van der Waals surface area contributed by atoms with E-state index in [4.69, 9.17) is 11.5 Å². The second kappa shape index (κ2) is 6.23. The van der Waals surface area contributed by atoms with E-state index >= 15 is 0 Å². The van der Waals surface area contributed by atoms with E-state index in [1.807, 2.05) is 4.90 Å². The van der Waals surface area contributed by atoms with E-state index in [1.165, 1.54) is 19.3 Å². The Morgan fingerprint density at radius 1 is 1.26 bits per heavy atom. The summed E-state index contributed by atoms with van der Waals surface area (Å²) in [6.45, 7) is 4.51. The minimum Gasteiger partial charge on any atom is -0.342 e. The van der Waals surface area contributed by atoms with E-state index in [0.29, 0.717) is 6.54 Å². The Morgan fingerprint density at radius 3 is 2.58 bits per heavy atom. The number of hydrogen-bond acceptors (Lipinski definition) is 3. The first-order valence-corrected chi connectivity index (χ1v) is 7.80. The Kier molecular flexibility index (Phi) is 4.85. The van der Waals surface area contributed by atoms with Crippen molar-refractivity contribution in [3.63, 3.8) is 0 Å². The summed E-state index contributed by atoms with van der Waals surface area (Å²) in [6, 6.07) is 0.0533. The summed E-state index contributed by atoms with van der Waals surface area (Å²) in [7, 11) is 0. The summed E-state index contributed by atoms with van der Waals surface area (Å²) < 4.78 is 0. The summed E-state index contributed by atoms with van der Waals surface area (Å²) in [4.78, 5) is 14.7. The topological polar surface area (TPSA) is 72.3 Å². The van der Waals surface area contributed by atoms with Gasteiger partial charge >= 0.3 is 0 Å². The molecule has 0 radical (unpaired) electrons. The van der Waals surface area contributed by atoms with Gasteiger partial charge in [0.15, 0.2) is 0 Å². The molecule has 1 aliphatic carbocycles.